The lowest BCUT2D eigenvalue weighted by Gasteiger charge is -2.13. The van der Waals surface area contributed by atoms with Crippen LogP contribution < -0.4 is 5.32 Å². The summed E-state index contributed by atoms with van der Waals surface area (Å²) in [7, 11) is 0. The summed E-state index contributed by atoms with van der Waals surface area (Å²) in [5.74, 6) is -0.624. The number of thioether (sulfide) groups is 1. The fraction of sp³-hybridized carbons (Fsp3) is 0.412. The van der Waals surface area contributed by atoms with Gasteiger partial charge in [0.2, 0.25) is 0 Å². The van der Waals surface area contributed by atoms with Gasteiger partial charge in [-0.25, -0.2) is 4.79 Å². The van der Waals surface area contributed by atoms with E-state index in [1.54, 1.807) is 18.4 Å². The van der Waals surface area contributed by atoms with E-state index >= 15 is 0 Å². The van der Waals surface area contributed by atoms with Crippen molar-refractivity contribution < 1.29 is 14.3 Å². The van der Waals surface area contributed by atoms with E-state index in [0.29, 0.717) is 23.2 Å². The topological polar surface area (TPSA) is 71.4 Å². The molecular formula is C17H19ClN2O3S. The highest BCUT2D eigenvalue weighted by Crippen LogP contribution is 2.18. The molecule has 0 radical (unpaired) electrons. The third kappa shape index (κ3) is 5.45. The van der Waals surface area contributed by atoms with Gasteiger partial charge >= 0.3 is 5.97 Å². The molecular weight excluding hydrogens is 348 g/mol. The Labute approximate surface area is 151 Å². The zero-order valence-electron chi connectivity index (χ0n) is 13.4. The molecule has 1 unspecified atom stereocenters. The van der Waals surface area contributed by atoms with Gasteiger partial charge in [0.1, 0.15) is 12.7 Å². The van der Waals surface area contributed by atoms with Crippen LogP contribution in [0.15, 0.2) is 34.9 Å². The van der Waals surface area contributed by atoms with Crippen LogP contribution in [0.1, 0.15) is 18.4 Å². The zero-order valence-corrected chi connectivity index (χ0v) is 15.0. The van der Waals surface area contributed by atoms with Gasteiger partial charge in [0.05, 0.1) is 11.1 Å². The van der Waals surface area contributed by atoms with E-state index in [-0.39, 0.29) is 18.3 Å². The summed E-state index contributed by atoms with van der Waals surface area (Å²) in [6.45, 7) is 1.36. The Balaban J connectivity index is 1.97. The number of esters is 1. The number of nitriles is 1. The van der Waals surface area contributed by atoms with Crippen LogP contribution in [0.2, 0.25) is 5.02 Å². The van der Waals surface area contributed by atoms with Crippen molar-refractivity contribution in [1.82, 2.24) is 5.32 Å². The van der Waals surface area contributed by atoms with Crippen LogP contribution in [0.3, 0.4) is 0 Å². The van der Waals surface area contributed by atoms with E-state index < -0.39 is 5.97 Å². The first kappa shape index (κ1) is 18.7. The van der Waals surface area contributed by atoms with Crippen LogP contribution >= 0.6 is 23.4 Å². The Morgan fingerprint density at radius 2 is 2.25 bits per heavy atom. The highest BCUT2D eigenvalue weighted by molar-refractivity contribution is 8.02. The summed E-state index contributed by atoms with van der Waals surface area (Å²) in [4.78, 5) is 12.2. The molecule has 0 aliphatic carbocycles. The fourth-order valence-corrected chi connectivity index (χ4v) is 2.93. The molecule has 5 nitrogen and oxygen atoms in total. The lowest BCUT2D eigenvalue weighted by Crippen LogP contribution is -2.21. The van der Waals surface area contributed by atoms with Gasteiger partial charge in [0.25, 0.3) is 0 Å². The number of nitrogens with one attached hydrogen (secondary N) is 1. The van der Waals surface area contributed by atoms with Gasteiger partial charge in [-0.2, -0.15) is 5.26 Å². The lowest BCUT2D eigenvalue weighted by atomic mass is 10.2. The van der Waals surface area contributed by atoms with Crippen LogP contribution in [0, 0.1) is 11.3 Å². The Morgan fingerprint density at radius 3 is 2.83 bits per heavy atom. The van der Waals surface area contributed by atoms with Gasteiger partial charge in [-0.3, -0.25) is 0 Å². The maximum Gasteiger partial charge on any atom is 0.351 e. The van der Waals surface area contributed by atoms with E-state index in [1.165, 1.54) is 11.8 Å². The molecule has 1 aromatic carbocycles. The largest absolute Gasteiger partial charge is 0.459 e. The highest BCUT2D eigenvalue weighted by atomic mass is 35.5. The SMILES string of the molecule is CS/C(NCc1ccc(Cl)cc1)=C(\C#N)C(=O)OCC1CCCO1. The average molecular weight is 367 g/mol. The van der Waals surface area contributed by atoms with Crippen molar-refractivity contribution in [3.05, 3.63) is 45.5 Å². The summed E-state index contributed by atoms with van der Waals surface area (Å²) >= 11 is 7.16. The van der Waals surface area contributed by atoms with Gasteiger partial charge < -0.3 is 14.8 Å². The highest BCUT2D eigenvalue weighted by Gasteiger charge is 2.21. The van der Waals surface area contributed by atoms with Crippen LogP contribution in [0.5, 0.6) is 0 Å². The molecule has 1 aromatic rings. The second-order valence-electron chi connectivity index (χ2n) is 5.23. The first-order chi connectivity index (χ1) is 11.6. The Bertz CT molecular complexity index is 634. The third-order valence-electron chi connectivity index (χ3n) is 3.54. The van der Waals surface area contributed by atoms with Crippen molar-refractivity contribution >= 4 is 29.3 Å². The number of carbonyl (C=O) groups is 1. The number of hydrogen-bond donors (Lipinski definition) is 1. The van der Waals surface area contributed by atoms with Gasteiger partial charge in [-0.1, -0.05) is 23.7 Å². The van der Waals surface area contributed by atoms with Crippen molar-refractivity contribution in [1.29, 1.82) is 5.26 Å². The van der Waals surface area contributed by atoms with Crippen molar-refractivity contribution in [2.24, 2.45) is 0 Å². The number of hydrogen-bond acceptors (Lipinski definition) is 6. The predicted molar refractivity (Wildman–Crippen MR) is 94.4 cm³/mol. The number of benzene rings is 1. The molecule has 0 aromatic heterocycles. The maximum atomic E-state index is 12.2. The number of halogens is 1. The first-order valence-corrected chi connectivity index (χ1v) is 9.19. The molecule has 1 saturated heterocycles. The van der Waals surface area contributed by atoms with Crippen molar-refractivity contribution in [2.45, 2.75) is 25.5 Å². The first-order valence-electron chi connectivity index (χ1n) is 7.59. The standard InChI is InChI=1S/C17H19ClN2O3S/c1-24-16(20-10-12-4-6-13(18)7-5-12)15(9-19)17(21)23-11-14-3-2-8-22-14/h4-7,14,20H,2-3,8,10-11H2,1H3/b16-15+. The van der Waals surface area contributed by atoms with Gasteiger partial charge in [-0.05, 0) is 36.8 Å². The molecule has 2 rings (SSSR count). The average Bonchev–Trinajstić information content (AvgIpc) is 3.11. The second-order valence-corrected chi connectivity index (χ2v) is 6.49. The van der Waals surface area contributed by atoms with E-state index in [4.69, 9.17) is 21.1 Å². The van der Waals surface area contributed by atoms with Crippen LogP contribution in [0.25, 0.3) is 0 Å². The molecule has 0 amide bonds. The minimum absolute atomic E-state index is 0.0190. The Kier molecular flexibility index (Phi) is 7.44. The summed E-state index contributed by atoms with van der Waals surface area (Å²) in [6, 6.07) is 9.29. The Morgan fingerprint density at radius 1 is 1.50 bits per heavy atom. The molecule has 128 valence electrons. The summed E-state index contributed by atoms with van der Waals surface area (Å²) in [5.41, 5.74) is 0.977. The number of nitrogens with zero attached hydrogens (tertiary/aromatic N) is 1. The molecule has 1 aliphatic heterocycles. The molecule has 1 heterocycles. The maximum absolute atomic E-state index is 12.2. The summed E-state index contributed by atoms with van der Waals surface area (Å²) in [5, 5.41) is 13.6. The molecule has 7 heteroatoms. The van der Waals surface area contributed by atoms with Crippen LogP contribution in [-0.4, -0.2) is 31.5 Å². The number of carbonyl (C=O) groups excluding carboxylic acids is 1. The molecule has 1 aliphatic rings. The van der Waals surface area contributed by atoms with E-state index in [0.717, 1.165) is 18.4 Å². The minimum Gasteiger partial charge on any atom is -0.459 e. The van der Waals surface area contributed by atoms with E-state index in [9.17, 15) is 10.1 Å². The molecule has 1 N–H and O–H groups in total. The summed E-state index contributed by atoms with van der Waals surface area (Å²) in [6.07, 6.45) is 3.59. The van der Waals surface area contributed by atoms with Gasteiger partial charge in [0, 0.05) is 18.2 Å². The van der Waals surface area contributed by atoms with E-state index in [1.807, 2.05) is 18.2 Å². The van der Waals surface area contributed by atoms with E-state index in [2.05, 4.69) is 5.32 Å². The minimum atomic E-state index is -0.624. The third-order valence-corrected chi connectivity index (χ3v) is 4.55. The molecule has 0 saturated carbocycles. The van der Waals surface area contributed by atoms with Crippen molar-refractivity contribution in [2.75, 3.05) is 19.5 Å². The second kappa shape index (κ2) is 9.58. The smallest absolute Gasteiger partial charge is 0.351 e. The quantitative estimate of drug-likeness (QED) is 0.453. The normalized spacial score (nSPS) is 17.8. The lowest BCUT2D eigenvalue weighted by molar-refractivity contribution is -0.141. The van der Waals surface area contributed by atoms with Gasteiger partial charge in [0.15, 0.2) is 5.57 Å². The van der Waals surface area contributed by atoms with Gasteiger partial charge in [-0.15, -0.1) is 11.8 Å². The fourth-order valence-electron chi connectivity index (χ4n) is 2.25. The monoisotopic (exact) mass is 366 g/mol. The van der Waals surface area contributed by atoms with Crippen molar-refractivity contribution in [3.8, 4) is 6.07 Å². The number of ether oxygens (including phenoxy) is 2. The molecule has 1 fully saturated rings. The summed E-state index contributed by atoms with van der Waals surface area (Å²) < 4.78 is 10.6. The Hall–Kier alpha value is -1.68. The van der Waals surface area contributed by atoms with Crippen LogP contribution in [-0.2, 0) is 20.8 Å². The predicted octanol–water partition coefficient (Wildman–Crippen LogP) is 3.25. The zero-order chi connectivity index (χ0) is 17.4. The molecule has 0 spiro atoms. The van der Waals surface area contributed by atoms with Crippen LogP contribution in [0.4, 0.5) is 0 Å². The molecule has 24 heavy (non-hydrogen) atoms. The molecule has 0 bridgehead atoms. The number of rotatable bonds is 7. The van der Waals surface area contributed by atoms with Crippen molar-refractivity contribution in [3.63, 3.8) is 0 Å². The molecule has 1 atom stereocenters.